The summed E-state index contributed by atoms with van der Waals surface area (Å²) in [6.07, 6.45) is 1.21. The lowest BCUT2D eigenvalue weighted by molar-refractivity contribution is 0.0526. The predicted molar refractivity (Wildman–Crippen MR) is 117 cm³/mol. The van der Waals surface area contributed by atoms with Gasteiger partial charge in [0, 0.05) is 12.6 Å². The normalized spacial score (nSPS) is 12.0. The molecular formula is C24H32N2O4. The molecule has 0 aliphatic carbocycles. The Kier molecular flexibility index (Phi) is 9.19. The zero-order valence-corrected chi connectivity index (χ0v) is 18.0. The summed E-state index contributed by atoms with van der Waals surface area (Å²) in [5, 5.41) is 5.71. The summed E-state index contributed by atoms with van der Waals surface area (Å²) < 4.78 is 10.6. The van der Waals surface area contributed by atoms with Gasteiger partial charge in [0.2, 0.25) is 0 Å². The molecule has 2 aromatic rings. The van der Waals surface area contributed by atoms with Gasteiger partial charge in [0.1, 0.15) is 12.2 Å². The number of alkyl carbamates (subject to hydrolysis) is 2. The summed E-state index contributed by atoms with van der Waals surface area (Å²) >= 11 is 0. The number of nitrogens with one attached hydrogen (secondary N) is 2. The first-order valence-electron chi connectivity index (χ1n) is 10.3. The Bertz CT molecular complexity index is 773. The van der Waals surface area contributed by atoms with Crippen LogP contribution in [-0.4, -0.2) is 30.4 Å². The Morgan fingerprint density at radius 1 is 0.900 bits per heavy atom. The fraction of sp³-hybridized carbons (Fsp3) is 0.417. The molecule has 2 amide bonds. The average molecular weight is 413 g/mol. The Hall–Kier alpha value is -3.02. The lowest BCUT2D eigenvalue weighted by Crippen LogP contribution is -2.38. The molecule has 6 nitrogen and oxygen atoms in total. The van der Waals surface area contributed by atoms with Crippen LogP contribution in [0.15, 0.2) is 60.7 Å². The van der Waals surface area contributed by atoms with Crippen molar-refractivity contribution in [1.82, 2.24) is 10.6 Å². The van der Waals surface area contributed by atoms with Crippen molar-refractivity contribution in [2.45, 2.75) is 58.3 Å². The van der Waals surface area contributed by atoms with E-state index in [0.717, 1.165) is 11.1 Å². The topological polar surface area (TPSA) is 76.7 Å². The molecule has 0 saturated heterocycles. The third-order valence-electron chi connectivity index (χ3n) is 4.26. The molecule has 30 heavy (non-hydrogen) atoms. The molecule has 0 unspecified atom stereocenters. The first-order valence-corrected chi connectivity index (χ1v) is 10.3. The lowest BCUT2D eigenvalue weighted by Gasteiger charge is -2.21. The molecule has 0 heterocycles. The van der Waals surface area contributed by atoms with Gasteiger partial charge in [-0.05, 0) is 51.2 Å². The number of ether oxygens (including phenoxy) is 2. The highest BCUT2D eigenvalue weighted by Gasteiger charge is 2.17. The number of rotatable bonds is 9. The van der Waals surface area contributed by atoms with Gasteiger partial charge in [-0.15, -0.1) is 0 Å². The summed E-state index contributed by atoms with van der Waals surface area (Å²) in [6, 6.07) is 19.4. The second-order valence-electron chi connectivity index (χ2n) is 8.16. The van der Waals surface area contributed by atoms with Gasteiger partial charge in [-0.1, -0.05) is 60.7 Å². The monoisotopic (exact) mass is 412 g/mol. The lowest BCUT2D eigenvalue weighted by atomic mass is 10.0. The van der Waals surface area contributed by atoms with Crippen LogP contribution in [0.5, 0.6) is 0 Å². The zero-order chi connectivity index (χ0) is 21.8. The second kappa shape index (κ2) is 11.9. The quantitative estimate of drug-likeness (QED) is 0.579. The minimum absolute atomic E-state index is 0.101. The van der Waals surface area contributed by atoms with Crippen molar-refractivity contribution in [2.75, 3.05) is 6.54 Å². The zero-order valence-electron chi connectivity index (χ0n) is 18.0. The summed E-state index contributed by atoms with van der Waals surface area (Å²) in [5.41, 5.74) is 1.55. The van der Waals surface area contributed by atoms with Gasteiger partial charge in [-0.25, -0.2) is 9.59 Å². The van der Waals surface area contributed by atoms with Crippen molar-refractivity contribution in [1.29, 1.82) is 0 Å². The molecule has 0 fully saturated rings. The molecule has 0 aliphatic rings. The van der Waals surface area contributed by atoms with E-state index < -0.39 is 17.8 Å². The van der Waals surface area contributed by atoms with Gasteiger partial charge < -0.3 is 20.1 Å². The molecule has 0 radical (unpaired) electrons. The fourth-order valence-electron chi connectivity index (χ4n) is 2.91. The van der Waals surface area contributed by atoms with E-state index in [4.69, 9.17) is 9.47 Å². The minimum atomic E-state index is -0.524. The maximum Gasteiger partial charge on any atom is 0.407 e. The highest BCUT2D eigenvalue weighted by Crippen LogP contribution is 2.10. The van der Waals surface area contributed by atoms with Crippen molar-refractivity contribution >= 4 is 12.2 Å². The number of carbonyl (C=O) groups excluding carboxylic acids is 2. The van der Waals surface area contributed by atoms with Crippen LogP contribution in [0.25, 0.3) is 0 Å². The maximum atomic E-state index is 12.3. The average Bonchev–Trinajstić information content (AvgIpc) is 2.70. The van der Waals surface area contributed by atoms with Crippen molar-refractivity contribution in [3.05, 3.63) is 71.8 Å². The molecule has 162 valence electrons. The first-order chi connectivity index (χ1) is 14.3. The standard InChI is InChI=1S/C24H32N2O4/c1-24(2,3)30-22(27)25-16-10-15-21(17-19-11-6-4-7-12-19)26-23(28)29-18-20-13-8-5-9-14-20/h4-9,11-14,21H,10,15-18H2,1-3H3,(H,25,27)(H,26,28)/t21-/m1/s1. The molecular weight excluding hydrogens is 380 g/mol. The Morgan fingerprint density at radius 3 is 2.10 bits per heavy atom. The highest BCUT2D eigenvalue weighted by atomic mass is 16.6. The smallest absolute Gasteiger partial charge is 0.407 e. The predicted octanol–water partition coefficient (Wildman–Crippen LogP) is 4.83. The van der Waals surface area contributed by atoms with Crippen LogP contribution in [0, 0.1) is 0 Å². The molecule has 0 saturated carbocycles. The molecule has 2 rings (SSSR count). The Balaban J connectivity index is 1.82. The van der Waals surface area contributed by atoms with Gasteiger partial charge in [0.15, 0.2) is 0 Å². The van der Waals surface area contributed by atoms with Crippen LogP contribution in [0.3, 0.4) is 0 Å². The van der Waals surface area contributed by atoms with Crippen LogP contribution in [0.4, 0.5) is 9.59 Å². The second-order valence-corrected chi connectivity index (χ2v) is 8.16. The molecule has 2 aromatic carbocycles. The molecule has 6 heteroatoms. The SMILES string of the molecule is CC(C)(C)OC(=O)NCCC[C@H](Cc1ccccc1)NC(=O)OCc1ccccc1. The van der Waals surface area contributed by atoms with Gasteiger partial charge in [0.05, 0.1) is 0 Å². The van der Waals surface area contributed by atoms with Gasteiger partial charge >= 0.3 is 12.2 Å². The van der Waals surface area contributed by atoms with Gasteiger partial charge in [-0.3, -0.25) is 0 Å². The molecule has 0 spiro atoms. The van der Waals surface area contributed by atoms with Crippen LogP contribution in [0.2, 0.25) is 0 Å². The van der Waals surface area contributed by atoms with Crippen molar-refractivity contribution in [3.8, 4) is 0 Å². The number of benzene rings is 2. The Labute approximate surface area is 179 Å². The summed E-state index contributed by atoms with van der Waals surface area (Å²) in [7, 11) is 0. The van der Waals surface area contributed by atoms with E-state index in [9.17, 15) is 9.59 Å². The van der Waals surface area contributed by atoms with Crippen LogP contribution in [0.1, 0.15) is 44.7 Å². The van der Waals surface area contributed by atoms with Crippen molar-refractivity contribution in [2.24, 2.45) is 0 Å². The number of hydrogen-bond acceptors (Lipinski definition) is 4. The molecule has 0 aliphatic heterocycles. The maximum absolute atomic E-state index is 12.3. The Morgan fingerprint density at radius 2 is 1.50 bits per heavy atom. The van der Waals surface area contributed by atoms with Crippen LogP contribution in [-0.2, 0) is 22.5 Å². The molecule has 1 atom stereocenters. The summed E-state index contributed by atoms with van der Waals surface area (Å²) in [5.74, 6) is 0. The largest absolute Gasteiger partial charge is 0.445 e. The third kappa shape index (κ3) is 9.96. The fourth-order valence-corrected chi connectivity index (χ4v) is 2.91. The molecule has 0 aromatic heterocycles. The van der Waals surface area contributed by atoms with E-state index in [0.29, 0.717) is 25.8 Å². The van der Waals surface area contributed by atoms with E-state index in [1.807, 2.05) is 81.4 Å². The van der Waals surface area contributed by atoms with Gasteiger partial charge in [0.25, 0.3) is 0 Å². The summed E-state index contributed by atoms with van der Waals surface area (Å²) in [6.45, 7) is 6.18. The third-order valence-corrected chi connectivity index (χ3v) is 4.26. The van der Waals surface area contributed by atoms with Crippen LogP contribution < -0.4 is 10.6 Å². The van der Waals surface area contributed by atoms with Crippen LogP contribution >= 0.6 is 0 Å². The van der Waals surface area contributed by atoms with E-state index in [1.54, 1.807) is 0 Å². The van der Waals surface area contributed by atoms with E-state index in [2.05, 4.69) is 10.6 Å². The molecule has 0 bridgehead atoms. The first kappa shape index (κ1) is 23.3. The van der Waals surface area contributed by atoms with Gasteiger partial charge in [-0.2, -0.15) is 0 Å². The van der Waals surface area contributed by atoms with Crippen molar-refractivity contribution < 1.29 is 19.1 Å². The highest BCUT2D eigenvalue weighted by molar-refractivity contribution is 5.68. The number of carbonyl (C=O) groups is 2. The van der Waals surface area contributed by atoms with E-state index in [-0.39, 0.29) is 12.6 Å². The molecule has 2 N–H and O–H groups in total. The van der Waals surface area contributed by atoms with Crippen molar-refractivity contribution in [3.63, 3.8) is 0 Å². The van der Waals surface area contributed by atoms with E-state index >= 15 is 0 Å². The summed E-state index contributed by atoms with van der Waals surface area (Å²) in [4.78, 5) is 24.1. The van der Waals surface area contributed by atoms with E-state index in [1.165, 1.54) is 0 Å². The number of hydrogen-bond donors (Lipinski definition) is 2. The number of amides is 2. The minimum Gasteiger partial charge on any atom is -0.445 e.